The first-order valence-electron chi connectivity index (χ1n) is 10.1. The maximum absolute atomic E-state index is 10.4. The monoisotopic (exact) mass is 434 g/mol. The van der Waals surface area contributed by atoms with E-state index in [0.717, 1.165) is 27.8 Å². The third-order valence-electron chi connectivity index (χ3n) is 5.80. The van der Waals surface area contributed by atoms with Crippen LogP contribution in [0.15, 0.2) is 42.5 Å². The lowest BCUT2D eigenvalue weighted by atomic mass is 9.86. The zero-order valence-corrected chi connectivity index (χ0v) is 17.9. The predicted octanol–water partition coefficient (Wildman–Crippen LogP) is 4.50. The van der Waals surface area contributed by atoms with Gasteiger partial charge in [0.1, 0.15) is 18.1 Å². The first kappa shape index (κ1) is 19.9. The molecular weight excluding hydrogens is 412 g/mol. The summed E-state index contributed by atoms with van der Waals surface area (Å²) in [6.07, 6.45) is 0. The second-order valence-corrected chi connectivity index (χ2v) is 7.53. The molecule has 0 unspecified atom stereocenters. The Morgan fingerprint density at radius 3 is 2.25 bits per heavy atom. The van der Waals surface area contributed by atoms with Gasteiger partial charge in [0, 0.05) is 16.7 Å². The Kier molecular flexibility index (Phi) is 4.74. The minimum Gasteiger partial charge on any atom is -0.508 e. The molecule has 0 amide bonds. The molecule has 164 valence electrons. The molecule has 0 aliphatic carbocycles. The van der Waals surface area contributed by atoms with E-state index in [9.17, 15) is 10.2 Å². The summed E-state index contributed by atoms with van der Waals surface area (Å²) in [6, 6.07) is 12.8. The maximum atomic E-state index is 10.4. The third-order valence-corrected chi connectivity index (χ3v) is 5.80. The number of ether oxygens (including phenoxy) is 5. The van der Waals surface area contributed by atoms with Crippen molar-refractivity contribution in [1.29, 1.82) is 0 Å². The van der Waals surface area contributed by atoms with Crippen LogP contribution in [0.1, 0.15) is 22.3 Å². The summed E-state index contributed by atoms with van der Waals surface area (Å²) >= 11 is 0. The number of phenols is 2. The normalized spacial score (nSPS) is 14.1. The van der Waals surface area contributed by atoms with Crippen molar-refractivity contribution < 1.29 is 33.9 Å². The molecule has 7 nitrogen and oxygen atoms in total. The van der Waals surface area contributed by atoms with Gasteiger partial charge in [0.2, 0.25) is 12.5 Å². The number of hydrogen-bond acceptors (Lipinski definition) is 7. The van der Waals surface area contributed by atoms with Gasteiger partial charge < -0.3 is 33.9 Å². The van der Waals surface area contributed by atoms with Gasteiger partial charge in [-0.15, -0.1) is 0 Å². The van der Waals surface area contributed by atoms with Gasteiger partial charge in [0.05, 0.1) is 14.2 Å². The summed E-state index contributed by atoms with van der Waals surface area (Å²) in [7, 11) is 2.98. The summed E-state index contributed by atoms with van der Waals surface area (Å²) in [5, 5.41) is 20.6. The summed E-state index contributed by atoms with van der Waals surface area (Å²) in [4.78, 5) is 0. The molecule has 0 bridgehead atoms. The molecule has 7 heteroatoms. The first-order valence-corrected chi connectivity index (χ1v) is 10.1. The van der Waals surface area contributed by atoms with E-state index in [1.165, 1.54) is 14.2 Å². The Morgan fingerprint density at radius 2 is 1.53 bits per heavy atom. The largest absolute Gasteiger partial charge is 0.508 e. The molecule has 0 saturated carbocycles. The average molecular weight is 434 g/mol. The molecule has 3 aromatic carbocycles. The number of phenolic OH excluding ortho intramolecular Hbond substituents is 2. The zero-order chi connectivity index (χ0) is 22.4. The maximum Gasteiger partial charge on any atom is 0.231 e. The predicted molar refractivity (Wildman–Crippen MR) is 118 cm³/mol. The summed E-state index contributed by atoms with van der Waals surface area (Å²) < 4.78 is 27.9. The number of hydrogen-bond donors (Lipinski definition) is 2. The molecular formula is C25H22O7. The minimum atomic E-state index is -0.0677. The molecule has 0 spiro atoms. The van der Waals surface area contributed by atoms with Crippen LogP contribution in [0.4, 0.5) is 0 Å². The zero-order valence-electron chi connectivity index (χ0n) is 17.9. The topological polar surface area (TPSA) is 86.6 Å². The second kappa shape index (κ2) is 7.60. The van der Waals surface area contributed by atoms with Gasteiger partial charge in [-0.3, -0.25) is 0 Å². The number of aromatic hydroxyl groups is 2. The Morgan fingerprint density at radius 1 is 0.812 bits per heavy atom. The quantitative estimate of drug-likeness (QED) is 0.625. The fourth-order valence-electron chi connectivity index (χ4n) is 4.12. The third kappa shape index (κ3) is 3.05. The van der Waals surface area contributed by atoms with Gasteiger partial charge in [-0.25, -0.2) is 0 Å². The van der Waals surface area contributed by atoms with E-state index in [-0.39, 0.29) is 24.9 Å². The fourth-order valence-corrected chi connectivity index (χ4v) is 4.12. The van der Waals surface area contributed by atoms with Crippen molar-refractivity contribution in [2.45, 2.75) is 6.92 Å². The Balaban J connectivity index is 1.80. The highest BCUT2D eigenvalue weighted by Crippen LogP contribution is 2.48. The van der Waals surface area contributed by atoms with E-state index in [4.69, 9.17) is 23.7 Å². The summed E-state index contributed by atoms with van der Waals surface area (Å²) in [5.41, 5.74) is 4.98. The molecule has 0 saturated heterocycles. The molecule has 0 aromatic heterocycles. The van der Waals surface area contributed by atoms with Crippen LogP contribution in [0.25, 0.3) is 11.1 Å². The Bertz CT molecular complexity index is 1230. The average Bonchev–Trinajstić information content (AvgIpc) is 3.29. The van der Waals surface area contributed by atoms with E-state index in [0.29, 0.717) is 34.3 Å². The highest BCUT2D eigenvalue weighted by molar-refractivity contribution is 6.02. The first-order chi connectivity index (χ1) is 15.5. The van der Waals surface area contributed by atoms with Crippen LogP contribution in [0.3, 0.4) is 0 Å². The molecule has 3 aromatic rings. The Hall–Kier alpha value is -4.00. The molecule has 32 heavy (non-hydrogen) atoms. The van der Waals surface area contributed by atoms with Crippen LogP contribution >= 0.6 is 0 Å². The van der Waals surface area contributed by atoms with Crippen molar-refractivity contribution in [1.82, 2.24) is 0 Å². The molecule has 0 fully saturated rings. The van der Waals surface area contributed by atoms with E-state index in [2.05, 4.69) is 0 Å². The fraction of sp³-hybridized carbons (Fsp3) is 0.200. The molecule has 2 heterocycles. The highest BCUT2D eigenvalue weighted by Gasteiger charge is 2.28. The smallest absolute Gasteiger partial charge is 0.231 e. The van der Waals surface area contributed by atoms with Crippen molar-refractivity contribution in [3.8, 4) is 40.2 Å². The van der Waals surface area contributed by atoms with Crippen LogP contribution in [0, 0.1) is 6.92 Å². The number of fused-ring (bicyclic) bond motifs is 2. The van der Waals surface area contributed by atoms with Crippen LogP contribution < -0.4 is 23.7 Å². The van der Waals surface area contributed by atoms with E-state index in [1.807, 2.05) is 31.2 Å². The lowest BCUT2D eigenvalue weighted by molar-refractivity contribution is 0.174. The van der Waals surface area contributed by atoms with Crippen molar-refractivity contribution in [3.05, 3.63) is 64.7 Å². The molecule has 2 aliphatic rings. The van der Waals surface area contributed by atoms with Gasteiger partial charge >= 0.3 is 0 Å². The SMILES string of the molecule is COc1cc(C2=C(c3ccc4c(c3)OCO4)c3ccc(O)c(C)c3OC2)cc(OC)c1O. The van der Waals surface area contributed by atoms with E-state index < -0.39 is 0 Å². The second-order valence-electron chi connectivity index (χ2n) is 7.53. The Labute approximate surface area is 185 Å². The van der Waals surface area contributed by atoms with Gasteiger partial charge in [-0.05, 0) is 60.0 Å². The van der Waals surface area contributed by atoms with Gasteiger partial charge in [-0.1, -0.05) is 6.07 Å². The van der Waals surface area contributed by atoms with Crippen molar-refractivity contribution in [2.75, 3.05) is 27.6 Å². The highest BCUT2D eigenvalue weighted by atomic mass is 16.7. The van der Waals surface area contributed by atoms with Crippen LogP contribution in [-0.2, 0) is 0 Å². The number of rotatable bonds is 4. The van der Waals surface area contributed by atoms with Gasteiger partial charge in [0.25, 0.3) is 0 Å². The summed E-state index contributed by atoms with van der Waals surface area (Å²) in [5.74, 6) is 2.68. The lowest BCUT2D eigenvalue weighted by Gasteiger charge is -2.27. The molecule has 2 aliphatic heterocycles. The number of methoxy groups -OCH3 is 2. The van der Waals surface area contributed by atoms with Crippen molar-refractivity contribution in [3.63, 3.8) is 0 Å². The van der Waals surface area contributed by atoms with E-state index in [1.54, 1.807) is 18.2 Å². The molecule has 2 N–H and O–H groups in total. The van der Waals surface area contributed by atoms with Crippen LogP contribution in [0.5, 0.6) is 40.2 Å². The number of benzene rings is 3. The van der Waals surface area contributed by atoms with Crippen molar-refractivity contribution >= 4 is 11.1 Å². The van der Waals surface area contributed by atoms with Crippen LogP contribution in [0.2, 0.25) is 0 Å². The van der Waals surface area contributed by atoms with E-state index >= 15 is 0 Å². The van der Waals surface area contributed by atoms with Gasteiger partial charge in [0.15, 0.2) is 23.0 Å². The summed E-state index contributed by atoms with van der Waals surface area (Å²) in [6.45, 7) is 2.25. The minimum absolute atomic E-state index is 0.0677. The lowest BCUT2D eigenvalue weighted by Crippen LogP contribution is -2.13. The van der Waals surface area contributed by atoms with Crippen LogP contribution in [-0.4, -0.2) is 37.8 Å². The molecule has 0 atom stereocenters. The van der Waals surface area contributed by atoms with Gasteiger partial charge in [-0.2, -0.15) is 0 Å². The van der Waals surface area contributed by atoms with Crippen molar-refractivity contribution in [2.24, 2.45) is 0 Å². The molecule has 5 rings (SSSR count). The molecule has 0 radical (unpaired) electrons. The standard InChI is InChI=1S/C25H22O7/c1-13-18(26)6-5-16-23(14-4-7-19-20(8-14)32-12-31-19)17(11-30-25(13)16)15-9-21(28-2)24(27)22(10-15)29-3/h4-10,26-27H,11-12H2,1-3H3.